The number of nitrogens with zero attached hydrogens (tertiary/aromatic N) is 3. The Morgan fingerprint density at radius 3 is 2.73 bits per heavy atom. The minimum absolute atomic E-state index is 0.767. The molecule has 0 fully saturated rings. The Balaban J connectivity index is 2.08. The summed E-state index contributed by atoms with van der Waals surface area (Å²) >= 11 is 3.95. The molecule has 2 aromatic rings. The van der Waals surface area contributed by atoms with Gasteiger partial charge in [-0.1, -0.05) is 6.07 Å². The first-order valence-corrected chi connectivity index (χ1v) is 6.42. The molecule has 0 radical (unpaired) electrons. The first-order chi connectivity index (χ1) is 7.25. The van der Waals surface area contributed by atoms with E-state index in [2.05, 4.69) is 50.1 Å². The summed E-state index contributed by atoms with van der Waals surface area (Å²) in [6.45, 7) is 0.859. The highest BCUT2D eigenvalue weighted by Gasteiger charge is 2.04. The third-order valence-corrected chi connectivity index (χ3v) is 3.34. The van der Waals surface area contributed by atoms with Crippen LogP contribution in [0.4, 0.5) is 5.95 Å². The van der Waals surface area contributed by atoms with E-state index in [4.69, 9.17) is 0 Å². The van der Waals surface area contributed by atoms with Gasteiger partial charge in [-0.3, -0.25) is 0 Å². The van der Waals surface area contributed by atoms with Gasteiger partial charge in [0.2, 0.25) is 5.95 Å². The van der Waals surface area contributed by atoms with Gasteiger partial charge in [0.25, 0.3) is 0 Å². The van der Waals surface area contributed by atoms with Gasteiger partial charge in [0.1, 0.15) is 0 Å². The second-order valence-electron chi connectivity index (χ2n) is 3.14. The van der Waals surface area contributed by atoms with Gasteiger partial charge in [0.05, 0.1) is 6.54 Å². The van der Waals surface area contributed by atoms with E-state index < -0.39 is 0 Å². The fourth-order valence-electron chi connectivity index (χ4n) is 1.21. The molecule has 0 saturated carbocycles. The van der Waals surface area contributed by atoms with E-state index >= 15 is 0 Å². The van der Waals surface area contributed by atoms with Crippen molar-refractivity contribution in [3.05, 3.63) is 38.4 Å². The number of rotatable bonds is 3. The van der Waals surface area contributed by atoms with Crippen molar-refractivity contribution >= 4 is 39.9 Å². The molecule has 3 nitrogen and oxygen atoms in total. The third-order valence-electron chi connectivity index (χ3n) is 1.92. The van der Waals surface area contributed by atoms with Crippen LogP contribution < -0.4 is 4.90 Å². The van der Waals surface area contributed by atoms with Crippen molar-refractivity contribution in [3.8, 4) is 0 Å². The van der Waals surface area contributed by atoms with Crippen LogP contribution in [0.1, 0.15) is 4.88 Å². The van der Waals surface area contributed by atoms with Crippen LogP contribution >= 0.6 is 33.9 Å². The van der Waals surface area contributed by atoms with E-state index in [0.29, 0.717) is 0 Å². The maximum absolute atomic E-state index is 4.27. The lowest BCUT2D eigenvalue weighted by atomic mass is 10.4. The molecule has 0 unspecified atom stereocenters. The Labute approximate surface area is 106 Å². The maximum atomic E-state index is 4.27. The van der Waals surface area contributed by atoms with Crippen molar-refractivity contribution in [1.82, 2.24) is 9.97 Å². The highest BCUT2D eigenvalue weighted by molar-refractivity contribution is 14.1. The van der Waals surface area contributed by atoms with E-state index in [0.717, 1.165) is 16.1 Å². The van der Waals surface area contributed by atoms with Gasteiger partial charge in [-0.05, 0) is 34.0 Å². The number of anilines is 1. The lowest BCUT2D eigenvalue weighted by Crippen LogP contribution is -2.18. The smallest absolute Gasteiger partial charge is 0.225 e. The molecule has 0 bridgehead atoms. The van der Waals surface area contributed by atoms with Gasteiger partial charge in [-0.25, -0.2) is 9.97 Å². The van der Waals surface area contributed by atoms with E-state index in [1.165, 1.54) is 4.88 Å². The molecule has 0 spiro atoms. The van der Waals surface area contributed by atoms with Crippen molar-refractivity contribution in [3.63, 3.8) is 0 Å². The number of thiophene rings is 1. The Morgan fingerprint density at radius 1 is 1.40 bits per heavy atom. The molecule has 78 valence electrons. The molecule has 0 aliphatic heterocycles. The Kier molecular flexibility index (Phi) is 3.53. The summed E-state index contributed by atoms with van der Waals surface area (Å²) in [5.74, 6) is 0.767. The van der Waals surface area contributed by atoms with E-state index in [-0.39, 0.29) is 0 Å². The molecule has 2 aromatic heterocycles. The molecule has 0 atom stereocenters. The molecule has 2 heterocycles. The van der Waals surface area contributed by atoms with Gasteiger partial charge in [-0.15, -0.1) is 11.3 Å². The minimum atomic E-state index is 0.767. The van der Waals surface area contributed by atoms with Gasteiger partial charge in [0, 0.05) is 27.9 Å². The largest absolute Gasteiger partial charge is 0.339 e. The molecule has 2 rings (SSSR count). The summed E-state index contributed by atoms with van der Waals surface area (Å²) in [7, 11) is 2.00. The lowest BCUT2D eigenvalue weighted by Gasteiger charge is -2.15. The summed E-state index contributed by atoms with van der Waals surface area (Å²) in [6, 6.07) is 4.18. The average Bonchev–Trinajstić information content (AvgIpc) is 2.71. The molecule has 0 saturated heterocycles. The monoisotopic (exact) mass is 331 g/mol. The van der Waals surface area contributed by atoms with Crippen molar-refractivity contribution in [2.24, 2.45) is 0 Å². The number of hydrogen-bond acceptors (Lipinski definition) is 4. The van der Waals surface area contributed by atoms with Crippen LogP contribution in [0.3, 0.4) is 0 Å². The van der Waals surface area contributed by atoms with Crippen LogP contribution in [0, 0.1) is 3.57 Å². The lowest BCUT2D eigenvalue weighted by molar-refractivity contribution is 0.876. The Hall–Kier alpha value is -0.690. The zero-order chi connectivity index (χ0) is 10.7. The summed E-state index contributed by atoms with van der Waals surface area (Å²) in [6.07, 6.45) is 3.65. The van der Waals surface area contributed by atoms with Crippen LogP contribution in [0.25, 0.3) is 0 Å². The van der Waals surface area contributed by atoms with Crippen molar-refractivity contribution < 1.29 is 0 Å². The van der Waals surface area contributed by atoms with Crippen LogP contribution in [0.15, 0.2) is 29.9 Å². The fraction of sp³-hybridized carbons (Fsp3) is 0.200. The van der Waals surface area contributed by atoms with Gasteiger partial charge in [-0.2, -0.15) is 0 Å². The molecule has 0 amide bonds. The van der Waals surface area contributed by atoms with Crippen molar-refractivity contribution in [1.29, 1.82) is 0 Å². The van der Waals surface area contributed by atoms with Crippen molar-refractivity contribution in [2.45, 2.75) is 6.54 Å². The second-order valence-corrected chi connectivity index (χ2v) is 5.41. The summed E-state index contributed by atoms with van der Waals surface area (Å²) in [5.41, 5.74) is 0. The molecule has 5 heteroatoms. The maximum Gasteiger partial charge on any atom is 0.225 e. The van der Waals surface area contributed by atoms with Crippen LogP contribution in [-0.4, -0.2) is 17.0 Å². The zero-order valence-electron chi connectivity index (χ0n) is 8.22. The van der Waals surface area contributed by atoms with Gasteiger partial charge < -0.3 is 4.90 Å². The Bertz CT molecular complexity index is 413. The van der Waals surface area contributed by atoms with E-state index in [1.807, 2.05) is 24.3 Å². The SMILES string of the molecule is CN(Cc1cccs1)c1ncc(I)cn1. The first kappa shape index (κ1) is 10.8. The molecule has 15 heavy (non-hydrogen) atoms. The number of halogens is 1. The van der Waals surface area contributed by atoms with Gasteiger partial charge >= 0.3 is 0 Å². The van der Waals surface area contributed by atoms with Crippen LogP contribution in [0.2, 0.25) is 0 Å². The molecule has 0 aliphatic carbocycles. The normalized spacial score (nSPS) is 10.3. The molecule has 0 N–H and O–H groups in total. The summed E-state index contributed by atoms with van der Waals surface area (Å²) in [4.78, 5) is 11.9. The predicted molar refractivity (Wildman–Crippen MR) is 71.2 cm³/mol. The number of aromatic nitrogens is 2. The second kappa shape index (κ2) is 4.89. The van der Waals surface area contributed by atoms with Gasteiger partial charge in [0.15, 0.2) is 0 Å². The van der Waals surface area contributed by atoms with Crippen LogP contribution in [0.5, 0.6) is 0 Å². The summed E-state index contributed by atoms with van der Waals surface area (Å²) in [5, 5.41) is 2.08. The molecular formula is C10H10IN3S. The molecule has 0 aromatic carbocycles. The molecule has 0 aliphatic rings. The highest BCUT2D eigenvalue weighted by atomic mass is 127. The molecular weight excluding hydrogens is 321 g/mol. The van der Waals surface area contributed by atoms with Crippen molar-refractivity contribution in [2.75, 3.05) is 11.9 Å². The highest BCUT2D eigenvalue weighted by Crippen LogP contribution is 2.14. The Morgan fingerprint density at radius 2 is 2.13 bits per heavy atom. The van der Waals surface area contributed by atoms with E-state index in [9.17, 15) is 0 Å². The quantitative estimate of drug-likeness (QED) is 0.810. The number of hydrogen-bond donors (Lipinski definition) is 0. The summed E-state index contributed by atoms with van der Waals surface area (Å²) < 4.78 is 1.06. The standard InChI is InChI=1S/C10H10IN3S/c1-14(7-9-3-2-4-15-9)10-12-5-8(11)6-13-10/h2-6H,7H2,1H3. The van der Waals surface area contributed by atoms with Crippen LogP contribution in [-0.2, 0) is 6.54 Å². The third kappa shape index (κ3) is 2.88. The minimum Gasteiger partial charge on any atom is -0.339 e. The predicted octanol–water partition coefficient (Wildman–Crippen LogP) is 2.78. The zero-order valence-corrected chi connectivity index (χ0v) is 11.2. The fourth-order valence-corrected chi connectivity index (χ4v) is 2.25. The average molecular weight is 331 g/mol. The van der Waals surface area contributed by atoms with E-state index in [1.54, 1.807) is 11.3 Å². The topological polar surface area (TPSA) is 29.0 Å². The first-order valence-electron chi connectivity index (χ1n) is 4.47.